The molecular weight excluding hydrogens is 421 g/mol. The fourth-order valence-electron chi connectivity index (χ4n) is 4.60. The van der Waals surface area contributed by atoms with E-state index in [4.69, 9.17) is 14.7 Å². The Morgan fingerprint density at radius 1 is 1.00 bits per heavy atom. The molecule has 4 heterocycles. The van der Waals surface area contributed by atoms with Crippen molar-refractivity contribution >= 4 is 11.2 Å². The predicted molar refractivity (Wildman–Crippen MR) is 110 cm³/mol. The molecule has 7 nitrogen and oxygen atoms in total. The van der Waals surface area contributed by atoms with Crippen LogP contribution in [0.25, 0.3) is 11.2 Å². The van der Waals surface area contributed by atoms with E-state index < -0.39 is 12.1 Å². The molecule has 1 aliphatic carbocycles. The van der Waals surface area contributed by atoms with Gasteiger partial charge in [-0.25, -0.2) is 19.9 Å². The van der Waals surface area contributed by atoms with Crippen LogP contribution in [-0.2, 0) is 11.8 Å². The van der Waals surface area contributed by atoms with Crippen molar-refractivity contribution in [1.29, 1.82) is 0 Å². The van der Waals surface area contributed by atoms with Crippen LogP contribution in [0.15, 0.2) is 12.4 Å². The molecule has 2 atom stereocenters. The Kier molecular flexibility index (Phi) is 5.15. The van der Waals surface area contributed by atoms with E-state index in [1.54, 1.807) is 10.9 Å². The molecule has 5 rings (SSSR count). The average Bonchev–Trinajstić information content (AvgIpc) is 3.13. The molecule has 2 unspecified atom stereocenters. The maximum Gasteiger partial charge on any atom is 0.391 e. The summed E-state index contributed by atoms with van der Waals surface area (Å²) in [6.07, 6.45) is 0.949. The van der Waals surface area contributed by atoms with Crippen LogP contribution in [-0.4, -0.2) is 42.5 Å². The van der Waals surface area contributed by atoms with E-state index in [2.05, 4.69) is 15.1 Å². The van der Waals surface area contributed by atoms with E-state index in [1.165, 1.54) is 0 Å². The molecular formula is C22H25F3N6O. The fourth-order valence-corrected chi connectivity index (χ4v) is 4.60. The fraction of sp³-hybridized carbons (Fsp3) is 0.591. The number of alkyl halides is 3. The molecule has 3 aromatic heterocycles. The standard InChI is InChI=1S/C22H25F3N6O/c1-11-12(2)28-21-19(27-11)18(14-6-16(7-14)22(23,24)25)29-20(30-21)13-4-5-32-17(8-13)15-9-26-31(3)10-15/h9-10,13-14,16-17H,4-8H2,1-3H3. The quantitative estimate of drug-likeness (QED) is 0.591. The highest BCUT2D eigenvalue weighted by molar-refractivity contribution is 5.73. The van der Waals surface area contributed by atoms with Crippen LogP contribution in [0, 0.1) is 19.8 Å². The topological polar surface area (TPSA) is 78.6 Å². The summed E-state index contributed by atoms with van der Waals surface area (Å²) in [6, 6.07) is 0. The van der Waals surface area contributed by atoms with E-state index in [0.29, 0.717) is 35.7 Å². The Morgan fingerprint density at radius 3 is 2.44 bits per heavy atom. The molecule has 10 heteroatoms. The lowest BCUT2D eigenvalue weighted by Gasteiger charge is -2.36. The van der Waals surface area contributed by atoms with Crippen molar-refractivity contribution in [2.75, 3.05) is 6.61 Å². The largest absolute Gasteiger partial charge is 0.391 e. The minimum absolute atomic E-state index is 0.0269. The van der Waals surface area contributed by atoms with Gasteiger partial charge in [0.15, 0.2) is 5.65 Å². The third kappa shape index (κ3) is 3.85. The van der Waals surface area contributed by atoms with E-state index in [1.807, 2.05) is 27.1 Å². The molecule has 0 amide bonds. The predicted octanol–water partition coefficient (Wildman–Crippen LogP) is 4.46. The molecule has 1 saturated carbocycles. The summed E-state index contributed by atoms with van der Waals surface area (Å²) in [5.41, 5.74) is 4.09. The van der Waals surface area contributed by atoms with Gasteiger partial charge in [-0.1, -0.05) is 0 Å². The van der Waals surface area contributed by atoms with Crippen molar-refractivity contribution < 1.29 is 17.9 Å². The molecule has 0 N–H and O–H groups in total. The second kappa shape index (κ2) is 7.75. The van der Waals surface area contributed by atoms with Gasteiger partial charge >= 0.3 is 6.18 Å². The van der Waals surface area contributed by atoms with Crippen LogP contribution in [0.2, 0.25) is 0 Å². The number of hydrogen-bond acceptors (Lipinski definition) is 6. The highest BCUT2D eigenvalue weighted by Crippen LogP contribution is 2.50. The van der Waals surface area contributed by atoms with E-state index in [9.17, 15) is 13.2 Å². The summed E-state index contributed by atoms with van der Waals surface area (Å²) in [6.45, 7) is 4.26. The van der Waals surface area contributed by atoms with Crippen molar-refractivity contribution in [3.05, 3.63) is 40.9 Å². The van der Waals surface area contributed by atoms with E-state index in [0.717, 1.165) is 23.4 Å². The summed E-state index contributed by atoms with van der Waals surface area (Å²) < 4.78 is 47.0. The van der Waals surface area contributed by atoms with Gasteiger partial charge in [0.25, 0.3) is 0 Å². The number of fused-ring (bicyclic) bond motifs is 1. The number of halogens is 3. The minimum atomic E-state index is -4.17. The van der Waals surface area contributed by atoms with Gasteiger partial charge in [0.2, 0.25) is 0 Å². The first kappa shape index (κ1) is 21.2. The van der Waals surface area contributed by atoms with Crippen LogP contribution < -0.4 is 0 Å². The van der Waals surface area contributed by atoms with Crippen molar-refractivity contribution in [3.63, 3.8) is 0 Å². The Bertz CT molecular complexity index is 1150. The van der Waals surface area contributed by atoms with Crippen LogP contribution in [0.4, 0.5) is 13.2 Å². The Labute approximate surface area is 183 Å². The highest BCUT2D eigenvalue weighted by Gasteiger charge is 2.49. The number of nitrogens with zero attached hydrogens (tertiary/aromatic N) is 6. The monoisotopic (exact) mass is 446 g/mol. The lowest BCUT2D eigenvalue weighted by Crippen LogP contribution is -2.35. The first-order chi connectivity index (χ1) is 15.2. The number of rotatable bonds is 3. The third-order valence-corrected chi connectivity index (χ3v) is 6.72. The summed E-state index contributed by atoms with van der Waals surface area (Å²) in [7, 11) is 1.86. The van der Waals surface area contributed by atoms with Gasteiger partial charge in [-0.15, -0.1) is 0 Å². The normalized spacial score (nSPS) is 26.3. The second-order valence-electron chi connectivity index (χ2n) is 8.97. The molecule has 1 aliphatic heterocycles. The molecule has 32 heavy (non-hydrogen) atoms. The summed E-state index contributed by atoms with van der Waals surface area (Å²) in [5.74, 6) is -0.911. The summed E-state index contributed by atoms with van der Waals surface area (Å²) >= 11 is 0. The molecule has 3 aromatic rings. The molecule has 0 radical (unpaired) electrons. The maximum absolute atomic E-state index is 13.1. The first-order valence-electron chi connectivity index (χ1n) is 10.9. The van der Waals surface area contributed by atoms with E-state index in [-0.39, 0.29) is 30.8 Å². The van der Waals surface area contributed by atoms with Crippen molar-refractivity contribution in [2.45, 2.75) is 63.6 Å². The average molecular weight is 446 g/mol. The van der Waals surface area contributed by atoms with Gasteiger partial charge in [-0.2, -0.15) is 18.3 Å². The lowest BCUT2D eigenvalue weighted by molar-refractivity contribution is -0.197. The van der Waals surface area contributed by atoms with Gasteiger partial charge in [0, 0.05) is 37.3 Å². The van der Waals surface area contributed by atoms with Crippen molar-refractivity contribution in [2.24, 2.45) is 13.0 Å². The highest BCUT2D eigenvalue weighted by atomic mass is 19.4. The number of aryl methyl sites for hydroxylation is 3. The molecule has 2 fully saturated rings. The smallest absolute Gasteiger partial charge is 0.373 e. The summed E-state index contributed by atoms with van der Waals surface area (Å²) in [4.78, 5) is 18.7. The van der Waals surface area contributed by atoms with Crippen LogP contribution in [0.3, 0.4) is 0 Å². The van der Waals surface area contributed by atoms with Crippen molar-refractivity contribution in [3.8, 4) is 0 Å². The molecule has 170 valence electrons. The zero-order valence-electron chi connectivity index (χ0n) is 18.2. The lowest BCUT2D eigenvalue weighted by atomic mass is 9.72. The molecule has 0 aromatic carbocycles. The molecule has 2 aliphatic rings. The van der Waals surface area contributed by atoms with Gasteiger partial charge in [-0.05, 0) is 39.5 Å². The zero-order chi connectivity index (χ0) is 22.6. The Balaban J connectivity index is 1.50. The SMILES string of the molecule is Cc1nc2nc(C3CCOC(c4cnn(C)c4)C3)nc(C3CC(C(F)(F)F)C3)c2nc1C. The first-order valence-corrected chi connectivity index (χ1v) is 10.9. The Hall–Kier alpha value is -2.62. The minimum Gasteiger partial charge on any atom is -0.373 e. The van der Waals surface area contributed by atoms with Gasteiger partial charge in [0.05, 0.1) is 35.3 Å². The molecule has 0 spiro atoms. The van der Waals surface area contributed by atoms with Crippen LogP contribution >= 0.6 is 0 Å². The third-order valence-electron chi connectivity index (χ3n) is 6.72. The molecule has 1 saturated heterocycles. The second-order valence-corrected chi connectivity index (χ2v) is 8.97. The van der Waals surface area contributed by atoms with E-state index >= 15 is 0 Å². The van der Waals surface area contributed by atoms with Crippen LogP contribution in [0.5, 0.6) is 0 Å². The van der Waals surface area contributed by atoms with Crippen LogP contribution in [0.1, 0.15) is 72.1 Å². The maximum atomic E-state index is 13.1. The number of hydrogen-bond donors (Lipinski definition) is 0. The summed E-state index contributed by atoms with van der Waals surface area (Å²) in [5, 5.41) is 4.23. The molecule has 0 bridgehead atoms. The Morgan fingerprint density at radius 2 is 1.75 bits per heavy atom. The van der Waals surface area contributed by atoms with Crippen molar-refractivity contribution in [1.82, 2.24) is 29.7 Å². The van der Waals surface area contributed by atoms with Gasteiger partial charge < -0.3 is 4.74 Å². The number of aromatic nitrogens is 6. The van der Waals surface area contributed by atoms with Gasteiger partial charge in [0.1, 0.15) is 11.3 Å². The number of ether oxygens (including phenoxy) is 1. The van der Waals surface area contributed by atoms with Gasteiger partial charge in [-0.3, -0.25) is 4.68 Å². The zero-order valence-corrected chi connectivity index (χ0v) is 18.2.